The molecule has 1 heterocycles. The number of benzene rings is 1. The van der Waals surface area contributed by atoms with E-state index in [1.807, 2.05) is 0 Å². The molecule has 1 aromatic carbocycles. The van der Waals surface area contributed by atoms with Crippen LogP contribution in [-0.2, 0) is 17.4 Å². The molecule has 16 heavy (non-hydrogen) atoms. The molecule has 5 heteroatoms. The third kappa shape index (κ3) is 2.24. The van der Waals surface area contributed by atoms with Crippen LogP contribution in [0.2, 0.25) is 0 Å². The number of carbonyl (C=O) groups excluding carboxylic acids is 1. The van der Waals surface area contributed by atoms with E-state index in [2.05, 4.69) is 0 Å². The lowest BCUT2D eigenvalue weighted by Crippen LogP contribution is -2.04. The molecule has 0 aromatic heterocycles. The zero-order valence-electron chi connectivity index (χ0n) is 8.25. The van der Waals surface area contributed by atoms with E-state index in [4.69, 9.17) is 0 Å². The Bertz CT molecular complexity index is 414. The van der Waals surface area contributed by atoms with Crippen LogP contribution in [0.3, 0.4) is 0 Å². The Morgan fingerprint density at radius 2 is 2.19 bits per heavy atom. The number of aldehydes is 1. The number of rotatable bonds is 2. The van der Waals surface area contributed by atoms with Crippen LogP contribution in [0.15, 0.2) is 23.1 Å². The second kappa shape index (κ2) is 4.13. The van der Waals surface area contributed by atoms with Crippen molar-refractivity contribution in [1.29, 1.82) is 0 Å². The molecule has 0 fully saturated rings. The minimum atomic E-state index is -4.29. The maximum absolute atomic E-state index is 12.4. The van der Waals surface area contributed by atoms with Gasteiger partial charge in [0.05, 0.1) is 5.56 Å². The Morgan fingerprint density at radius 3 is 2.81 bits per heavy atom. The van der Waals surface area contributed by atoms with E-state index in [-0.39, 0.29) is 5.25 Å². The molecule has 1 aliphatic rings. The molecule has 86 valence electrons. The van der Waals surface area contributed by atoms with Crippen LogP contribution in [0.1, 0.15) is 17.5 Å². The summed E-state index contributed by atoms with van der Waals surface area (Å²) >= 11 is 1.36. The van der Waals surface area contributed by atoms with Gasteiger partial charge in [-0.3, -0.25) is 0 Å². The summed E-state index contributed by atoms with van der Waals surface area (Å²) in [7, 11) is 0. The van der Waals surface area contributed by atoms with Crippen molar-refractivity contribution in [3.05, 3.63) is 29.3 Å². The maximum Gasteiger partial charge on any atom is 0.416 e. The van der Waals surface area contributed by atoms with Crippen molar-refractivity contribution >= 4 is 18.0 Å². The van der Waals surface area contributed by atoms with Crippen LogP contribution < -0.4 is 0 Å². The molecule has 0 N–H and O–H groups in total. The van der Waals surface area contributed by atoms with Gasteiger partial charge < -0.3 is 4.79 Å². The lowest BCUT2D eigenvalue weighted by molar-refractivity contribution is -0.137. The molecule has 0 aliphatic carbocycles. The molecule has 1 aliphatic heterocycles. The SMILES string of the molecule is O=CCC1Cc2ccc(C(F)(F)F)cc2S1. The van der Waals surface area contributed by atoms with Crippen molar-refractivity contribution in [3.63, 3.8) is 0 Å². The third-order valence-electron chi connectivity index (χ3n) is 2.49. The van der Waals surface area contributed by atoms with Crippen LogP contribution >= 0.6 is 11.8 Å². The van der Waals surface area contributed by atoms with Gasteiger partial charge in [0.25, 0.3) is 0 Å². The van der Waals surface area contributed by atoms with E-state index in [9.17, 15) is 18.0 Å². The van der Waals surface area contributed by atoms with Crippen LogP contribution in [-0.4, -0.2) is 11.5 Å². The van der Waals surface area contributed by atoms with Crippen molar-refractivity contribution in [1.82, 2.24) is 0 Å². The predicted molar refractivity (Wildman–Crippen MR) is 55.5 cm³/mol. The monoisotopic (exact) mass is 246 g/mol. The molecular formula is C11H9F3OS. The quantitative estimate of drug-likeness (QED) is 0.745. The zero-order valence-corrected chi connectivity index (χ0v) is 9.07. The highest BCUT2D eigenvalue weighted by molar-refractivity contribution is 8.00. The molecule has 1 aromatic rings. The van der Waals surface area contributed by atoms with Crippen LogP contribution in [0.5, 0.6) is 0 Å². The highest BCUT2D eigenvalue weighted by Gasteiger charge is 2.32. The van der Waals surface area contributed by atoms with Crippen molar-refractivity contribution in [2.45, 2.75) is 29.2 Å². The lowest BCUT2D eigenvalue weighted by atomic mass is 10.1. The molecule has 0 saturated heterocycles. The number of alkyl halides is 3. The van der Waals surface area contributed by atoms with E-state index >= 15 is 0 Å². The second-order valence-corrected chi connectivity index (χ2v) is 5.01. The summed E-state index contributed by atoms with van der Waals surface area (Å²) in [6.07, 6.45) is -2.41. The fraction of sp³-hybridized carbons (Fsp3) is 0.364. The smallest absolute Gasteiger partial charge is 0.303 e. The summed E-state index contributed by atoms with van der Waals surface area (Å²) in [4.78, 5) is 11.0. The van der Waals surface area contributed by atoms with E-state index < -0.39 is 11.7 Å². The first-order valence-electron chi connectivity index (χ1n) is 4.81. The Hall–Kier alpha value is -0.970. The van der Waals surface area contributed by atoms with E-state index in [0.29, 0.717) is 17.7 Å². The van der Waals surface area contributed by atoms with Gasteiger partial charge in [0.2, 0.25) is 0 Å². The average molecular weight is 246 g/mol. The molecule has 1 nitrogen and oxygen atoms in total. The van der Waals surface area contributed by atoms with Crippen LogP contribution in [0.4, 0.5) is 13.2 Å². The minimum Gasteiger partial charge on any atom is -0.303 e. The fourth-order valence-corrected chi connectivity index (χ4v) is 3.01. The summed E-state index contributed by atoms with van der Waals surface area (Å²) in [5.74, 6) is 0. The highest BCUT2D eigenvalue weighted by Crippen LogP contribution is 2.41. The molecule has 2 rings (SSSR count). The fourth-order valence-electron chi connectivity index (χ4n) is 1.71. The van der Waals surface area contributed by atoms with Gasteiger partial charge in [0, 0.05) is 16.6 Å². The van der Waals surface area contributed by atoms with Gasteiger partial charge >= 0.3 is 6.18 Å². The number of thioether (sulfide) groups is 1. The number of fused-ring (bicyclic) bond motifs is 1. The molecule has 0 saturated carbocycles. The summed E-state index contributed by atoms with van der Waals surface area (Å²) in [5, 5.41) is 0.0935. The first-order valence-corrected chi connectivity index (χ1v) is 5.69. The normalized spacial score (nSPS) is 19.6. The van der Waals surface area contributed by atoms with Crippen molar-refractivity contribution in [2.75, 3.05) is 0 Å². The molecule has 1 atom stereocenters. The van der Waals surface area contributed by atoms with Gasteiger partial charge in [0.1, 0.15) is 6.29 Å². The van der Waals surface area contributed by atoms with E-state index in [1.165, 1.54) is 23.9 Å². The second-order valence-electron chi connectivity index (χ2n) is 3.67. The van der Waals surface area contributed by atoms with Gasteiger partial charge in [-0.05, 0) is 24.1 Å². The summed E-state index contributed by atoms with van der Waals surface area (Å²) in [6.45, 7) is 0. The first kappa shape index (κ1) is 11.5. The molecule has 0 amide bonds. The Morgan fingerprint density at radius 1 is 1.44 bits per heavy atom. The topological polar surface area (TPSA) is 17.1 Å². The Labute approximate surface area is 95.0 Å². The molecule has 0 spiro atoms. The van der Waals surface area contributed by atoms with Crippen molar-refractivity contribution in [3.8, 4) is 0 Å². The van der Waals surface area contributed by atoms with Gasteiger partial charge in [-0.15, -0.1) is 11.8 Å². The minimum absolute atomic E-state index is 0.0935. The standard InChI is InChI=1S/C11H9F3OS/c12-11(13,14)8-2-1-7-5-9(3-4-15)16-10(7)6-8/h1-2,4,6,9H,3,5H2. The highest BCUT2D eigenvalue weighted by atomic mass is 32.2. The van der Waals surface area contributed by atoms with Gasteiger partial charge in [-0.25, -0.2) is 0 Å². The third-order valence-corrected chi connectivity index (χ3v) is 3.82. The van der Waals surface area contributed by atoms with Gasteiger partial charge in [-0.1, -0.05) is 6.07 Å². The Balaban J connectivity index is 2.24. The maximum atomic E-state index is 12.4. The molecular weight excluding hydrogens is 237 g/mol. The summed E-state index contributed by atoms with van der Waals surface area (Å²) in [5.41, 5.74) is 0.287. The number of hydrogen-bond acceptors (Lipinski definition) is 2. The number of hydrogen-bond donors (Lipinski definition) is 0. The summed E-state index contributed by atoms with van der Waals surface area (Å²) < 4.78 is 37.3. The lowest BCUT2D eigenvalue weighted by Gasteiger charge is -2.07. The van der Waals surface area contributed by atoms with Crippen LogP contribution in [0.25, 0.3) is 0 Å². The predicted octanol–water partition coefficient (Wildman–Crippen LogP) is 3.31. The summed E-state index contributed by atoms with van der Waals surface area (Å²) in [6, 6.07) is 3.78. The van der Waals surface area contributed by atoms with Crippen molar-refractivity contribution in [2.24, 2.45) is 0 Å². The first-order chi connectivity index (χ1) is 7.50. The van der Waals surface area contributed by atoms with Gasteiger partial charge in [0.15, 0.2) is 0 Å². The largest absolute Gasteiger partial charge is 0.416 e. The van der Waals surface area contributed by atoms with Crippen LogP contribution in [0, 0.1) is 0 Å². The molecule has 1 unspecified atom stereocenters. The Kier molecular flexibility index (Phi) is 2.97. The van der Waals surface area contributed by atoms with Gasteiger partial charge in [-0.2, -0.15) is 13.2 Å². The van der Waals surface area contributed by atoms with E-state index in [0.717, 1.165) is 17.9 Å². The van der Waals surface area contributed by atoms with Crippen molar-refractivity contribution < 1.29 is 18.0 Å². The van der Waals surface area contributed by atoms with E-state index in [1.54, 1.807) is 0 Å². The molecule has 0 bridgehead atoms. The zero-order chi connectivity index (χ0) is 11.8. The number of halogens is 3. The number of carbonyl (C=O) groups is 1. The average Bonchev–Trinajstić information content (AvgIpc) is 2.57. The molecule has 0 radical (unpaired) electrons.